The zero-order valence-electron chi connectivity index (χ0n) is 11.5. The van der Waals surface area contributed by atoms with E-state index in [4.69, 9.17) is 0 Å². The number of aldehydes is 1. The Morgan fingerprint density at radius 2 is 1.60 bits per heavy atom. The molecule has 0 saturated heterocycles. The minimum atomic E-state index is -0.338. The Bertz CT molecular complexity index is 609. The van der Waals surface area contributed by atoms with Crippen molar-refractivity contribution in [1.82, 2.24) is 4.65 Å². The summed E-state index contributed by atoms with van der Waals surface area (Å²) in [5, 5.41) is 13.0. The van der Waals surface area contributed by atoms with E-state index in [1.807, 2.05) is 55.5 Å². The van der Waals surface area contributed by atoms with Gasteiger partial charge in [0.25, 0.3) is 0 Å². The second-order valence-corrected chi connectivity index (χ2v) is 5.49. The third kappa shape index (κ3) is 2.15. The fraction of sp³-hybridized carbons (Fsp3) is 0.235. The lowest BCUT2D eigenvalue weighted by molar-refractivity contribution is -0.108. The predicted octanol–water partition coefficient (Wildman–Crippen LogP) is 3.51. The summed E-state index contributed by atoms with van der Waals surface area (Å²) < 4.78 is -0.338. The molecule has 0 spiro atoms. The van der Waals surface area contributed by atoms with Gasteiger partial charge in [0.15, 0.2) is 0 Å². The number of hydrogen-bond donors (Lipinski definition) is 0. The Labute approximate surface area is 118 Å². The molecule has 3 nitrogen and oxygen atoms in total. The highest BCUT2D eigenvalue weighted by Crippen LogP contribution is 2.35. The van der Waals surface area contributed by atoms with Gasteiger partial charge in [-0.25, -0.2) is 0 Å². The van der Waals surface area contributed by atoms with Crippen LogP contribution in [-0.2, 0) is 17.9 Å². The Kier molecular flexibility index (Phi) is 3.16. The molecule has 1 aliphatic heterocycles. The van der Waals surface area contributed by atoms with E-state index in [1.165, 1.54) is 0 Å². The lowest BCUT2D eigenvalue weighted by Gasteiger charge is -2.37. The average Bonchev–Trinajstić information content (AvgIpc) is 2.84. The van der Waals surface area contributed by atoms with Gasteiger partial charge in [0.2, 0.25) is 0 Å². The molecular weight excluding hydrogens is 250 g/mol. The van der Waals surface area contributed by atoms with Gasteiger partial charge < -0.3 is 14.6 Å². The van der Waals surface area contributed by atoms with Crippen LogP contribution in [0.1, 0.15) is 29.5 Å². The molecule has 2 aromatic rings. The maximum absolute atomic E-state index is 13.0. The lowest BCUT2D eigenvalue weighted by Crippen LogP contribution is -2.36. The molecule has 0 unspecified atom stereocenters. The van der Waals surface area contributed by atoms with Crippen LogP contribution in [0.15, 0.2) is 48.5 Å². The first-order valence-electron chi connectivity index (χ1n) is 6.83. The molecule has 3 rings (SSSR count). The summed E-state index contributed by atoms with van der Waals surface area (Å²) in [5.74, 6) is -0.125. The zero-order valence-corrected chi connectivity index (χ0v) is 11.5. The van der Waals surface area contributed by atoms with E-state index in [2.05, 4.69) is 0 Å². The first kappa shape index (κ1) is 13.0. The summed E-state index contributed by atoms with van der Waals surface area (Å²) in [6.07, 6.45) is 0.919. The molecule has 102 valence electrons. The van der Waals surface area contributed by atoms with Crippen LogP contribution in [0.5, 0.6) is 0 Å². The van der Waals surface area contributed by atoms with E-state index in [9.17, 15) is 10.0 Å². The van der Waals surface area contributed by atoms with E-state index in [0.717, 1.165) is 28.7 Å². The monoisotopic (exact) mass is 267 g/mol. The van der Waals surface area contributed by atoms with Crippen LogP contribution in [0.2, 0.25) is 0 Å². The van der Waals surface area contributed by atoms with Crippen LogP contribution in [-0.4, -0.2) is 6.29 Å². The number of hydroxylamine groups is 2. The molecule has 1 atom stereocenters. The first-order valence-corrected chi connectivity index (χ1v) is 6.83. The van der Waals surface area contributed by atoms with Gasteiger partial charge in [-0.1, -0.05) is 43.3 Å². The molecule has 0 amide bonds. The van der Waals surface area contributed by atoms with E-state index >= 15 is 0 Å². The van der Waals surface area contributed by atoms with Gasteiger partial charge in [0, 0.05) is 17.0 Å². The van der Waals surface area contributed by atoms with Crippen LogP contribution < -0.4 is 4.65 Å². The summed E-state index contributed by atoms with van der Waals surface area (Å²) in [6, 6.07) is 15.5. The highest BCUT2D eigenvalue weighted by molar-refractivity contribution is 5.62. The van der Waals surface area contributed by atoms with Crippen molar-refractivity contribution in [1.29, 1.82) is 0 Å². The van der Waals surface area contributed by atoms with Crippen molar-refractivity contribution in [2.45, 2.75) is 25.9 Å². The van der Waals surface area contributed by atoms with Gasteiger partial charge in [-0.3, -0.25) is 0 Å². The SMILES string of the molecule is C[C@@H](C=O)c1ccc([N+]2([O-])Cc3ccccc3C2)cc1. The van der Waals surface area contributed by atoms with Gasteiger partial charge in [0.1, 0.15) is 25.1 Å². The van der Waals surface area contributed by atoms with Crippen molar-refractivity contribution in [3.05, 3.63) is 70.4 Å². The quantitative estimate of drug-likeness (QED) is 0.485. The number of fused-ring (bicyclic) bond motifs is 1. The maximum atomic E-state index is 13.0. The third-order valence-electron chi connectivity index (χ3n) is 4.06. The molecule has 0 saturated carbocycles. The van der Waals surface area contributed by atoms with Gasteiger partial charge in [-0.05, 0) is 17.7 Å². The number of rotatable bonds is 3. The molecule has 0 aliphatic carbocycles. The Hall–Kier alpha value is -1.97. The molecule has 3 heteroatoms. The van der Waals surface area contributed by atoms with Crippen molar-refractivity contribution < 1.29 is 4.79 Å². The predicted molar refractivity (Wildman–Crippen MR) is 79.9 cm³/mol. The van der Waals surface area contributed by atoms with Crippen molar-refractivity contribution in [3.8, 4) is 0 Å². The zero-order chi connectivity index (χ0) is 14.2. The third-order valence-corrected chi connectivity index (χ3v) is 4.06. The van der Waals surface area contributed by atoms with Crippen molar-refractivity contribution in [3.63, 3.8) is 0 Å². The van der Waals surface area contributed by atoms with E-state index in [1.54, 1.807) is 0 Å². The first-order chi connectivity index (χ1) is 9.62. The maximum Gasteiger partial charge on any atom is 0.133 e. The molecule has 1 aliphatic rings. The van der Waals surface area contributed by atoms with Gasteiger partial charge in [-0.2, -0.15) is 0 Å². The highest BCUT2D eigenvalue weighted by atomic mass is 16.5. The van der Waals surface area contributed by atoms with Crippen LogP contribution in [0.25, 0.3) is 0 Å². The van der Waals surface area contributed by atoms with Gasteiger partial charge in [-0.15, -0.1) is 0 Å². The molecule has 20 heavy (non-hydrogen) atoms. The van der Waals surface area contributed by atoms with Crippen LogP contribution in [0.3, 0.4) is 0 Å². The lowest BCUT2D eigenvalue weighted by atomic mass is 10.0. The number of benzene rings is 2. The summed E-state index contributed by atoms with van der Waals surface area (Å²) in [5.41, 5.74) is 3.97. The van der Waals surface area contributed by atoms with Crippen LogP contribution in [0.4, 0.5) is 5.69 Å². The van der Waals surface area contributed by atoms with E-state index in [0.29, 0.717) is 13.1 Å². The fourth-order valence-electron chi connectivity index (χ4n) is 2.78. The number of nitrogens with zero attached hydrogens (tertiary/aromatic N) is 1. The van der Waals surface area contributed by atoms with Crippen LogP contribution >= 0.6 is 0 Å². The smallest absolute Gasteiger partial charge is 0.133 e. The Balaban J connectivity index is 1.89. The highest BCUT2D eigenvalue weighted by Gasteiger charge is 2.30. The minimum absolute atomic E-state index is 0.125. The molecule has 0 radical (unpaired) electrons. The summed E-state index contributed by atoms with van der Waals surface area (Å²) in [7, 11) is 0. The second-order valence-electron chi connectivity index (χ2n) is 5.49. The number of carbonyl (C=O) groups excluding carboxylic acids is 1. The molecule has 1 heterocycles. The number of hydrogen-bond acceptors (Lipinski definition) is 2. The molecule has 0 bridgehead atoms. The molecule has 2 aromatic carbocycles. The standard InChI is InChI=1S/C17H17NO2/c1-13(12-19)14-6-8-17(9-7-14)18(20)10-15-4-2-3-5-16(15)11-18/h2-9,12-13H,10-11H2,1H3/t13-/m0/s1. The molecular formula is C17H17NO2. The number of quaternary nitrogens is 1. The number of carbonyl (C=O) groups is 1. The topological polar surface area (TPSA) is 40.1 Å². The van der Waals surface area contributed by atoms with E-state index in [-0.39, 0.29) is 10.6 Å². The molecule has 0 fully saturated rings. The minimum Gasteiger partial charge on any atom is -0.627 e. The van der Waals surface area contributed by atoms with Gasteiger partial charge in [0.05, 0.1) is 0 Å². The second kappa shape index (κ2) is 4.85. The van der Waals surface area contributed by atoms with Crippen molar-refractivity contribution in [2.75, 3.05) is 0 Å². The average molecular weight is 267 g/mol. The largest absolute Gasteiger partial charge is 0.627 e. The van der Waals surface area contributed by atoms with E-state index < -0.39 is 0 Å². The van der Waals surface area contributed by atoms with Gasteiger partial charge >= 0.3 is 0 Å². The summed E-state index contributed by atoms with van der Waals surface area (Å²) in [6.45, 7) is 2.83. The van der Waals surface area contributed by atoms with Crippen LogP contribution in [0, 0.1) is 5.21 Å². The normalized spacial score (nSPS) is 17.5. The molecule has 0 N–H and O–H groups in total. The summed E-state index contributed by atoms with van der Waals surface area (Å²) in [4.78, 5) is 10.8. The Morgan fingerprint density at radius 1 is 1.05 bits per heavy atom. The fourth-order valence-corrected chi connectivity index (χ4v) is 2.78. The van der Waals surface area contributed by atoms with Crippen molar-refractivity contribution in [2.24, 2.45) is 0 Å². The van der Waals surface area contributed by atoms with Crippen molar-refractivity contribution >= 4 is 12.0 Å². The molecule has 0 aromatic heterocycles. The Morgan fingerprint density at radius 3 is 2.10 bits per heavy atom. The summed E-state index contributed by atoms with van der Waals surface area (Å²) >= 11 is 0.